The Morgan fingerprint density at radius 3 is 2.94 bits per heavy atom. The molecule has 0 amide bonds. The van der Waals surface area contributed by atoms with Crippen molar-refractivity contribution in [2.75, 3.05) is 39.9 Å². The van der Waals surface area contributed by atoms with Crippen LogP contribution in [0.2, 0.25) is 0 Å². The average molecular weight is 226 g/mol. The molecule has 3 heteroatoms. The molecular weight excluding hydrogens is 200 g/mol. The van der Waals surface area contributed by atoms with Crippen molar-refractivity contribution >= 4 is 0 Å². The van der Waals surface area contributed by atoms with Gasteiger partial charge in [0, 0.05) is 31.2 Å². The third-order valence-corrected chi connectivity index (χ3v) is 4.22. The van der Waals surface area contributed by atoms with Crippen molar-refractivity contribution < 1.29 is 4.74 Å². The Labute approximate surface area is 99.5 Å². The van der Waals surface area contributed by atoms with Crippen molar-refractivity contribution in [1.29, 1.82) is 0 Å². The van der Waals surface area contributed by atoms with E-state index >= 15 is 0 Å². The number of piperidine rings is 1. The van der Waals surface area contributed by atoms with Gasteiger partial charge < -0.3 is 10.1 Å². The zero-order valence-corrected chi connectivity index (χ0v) is 10.8. The van der Waals surface area contributed by atoms with Gasteiger partial charge in [0.05, 0.1) is 6.61 Å². The van der Waals surface area contributed by atoms with Gasteiger partial charge in [-0.1, -0.05) is 6.42 Å². The van der Waals surface area contributed by atoms with Gasteiger partial charge in [0.25, 0.3) is 0 Å². The van der Waals surface area contributed by atoms with Gasteiger partial charge >= 0.3 is 0 Å². The molecule has 16 heavy (non-hydrogen) atoms. The predicted octanol–water partition coefficient (Wildman–Crippen LogP) is 1.49. The predicted molar refractivity (Wildman–Crippen MR) is 66.7 cm³/mol. The Hall–Kier alpha value is -0.120. The monoisotopic (exact) mass is 226 g/mol. The van der Waals surface area contributed by atoms with E-state index in [1.165, 1.54) is 38.8 Å². The van der Waals surface area contributed by atoms with Crippen LogP contribution in [0.3, 0.4) is 0 Å². The molecule has 0 spiro atoms. The van der Waals surface area contributed by atoms with Gasteiger partial charge in [0.15, 0.2) is 0 Å². The zero-order chi connectivity index (χ0) is 11.4. The summed E-state index contributed by atoms with van der Waals surface area (Å²) in [5, 5.41) is 3.35. The summed E-state index contributed by atoms with van der Waals surface area (Å²) in [5.41, 5.74) is 0.375. The number of likely N-dealkylation sites (tertiary alicyclic amines) is 1. The highest BCUT2D eigenvalue weighted by Crippen LogP contribution is 2.31. The minimum Gasteiger partial charge on any atom is -0.381 e. The molecule has 3 nitrogen and oxygen atoms in total. The smallest absolute Gasteiger partial charge is 0.0547 e. The van der Waals surface area contributed by atoms with Gasteiger partial charge in [-0.25, -0.2) is 0 Å². The molecule has 2 aliphatic rings. The Morgan fingerprint density at radius 1 is 1.44 bits per heavy atom. The summed E-state index contributed by atoms with van der Waals surface area (Å²) in [4.78, 5) is 2.68. The Morgan fingerprint density at radius 2 is 2.31 bits per heavy atom. The Kier molecular flexibility index (Phi) is 4.22. The molecule has 2 rings (SSSR count). The van der Waals surface area contributed by atoms with Crippen molar-refractivity contribution in [3.63, 3.8) is 0 Å². The van der Waals surface area contributed by atoms with Gasteiger partial charge in [-0.2, -0.15) is 0 Å². The lowest BCUT2D eigenvalue weighted by Gasteiger charge is -2.40. The van der Waals surface area contributed by atoms with Crippen molar-refractivity contribution in [2.24, 2.45) is 5.41 Å². The van der Waals surface area contributed by atoms with Crippen molar-refractivity contribution in [1.82, 2.24) is 10.2 Å². The molecule has 2 aliphatic heterocycles. The van der Waals surface area contributed by atoms with Gasteiger partial charge in [0.1, 0.15) is 0 Å². The van der Waals surface area contributed by atoms with E-state index in [1.807, 2.05) is 0 Å². The summed E-state index contributed by atoms with van der Waals surface area (Å²) >= 11 is 0. The molecule has 0 aromatic carbocycles. The number of hydrogen-bond donors (Lipinski definition) is 1. The molecule has 0 radical (unpaired) electrons. The number of nitrogens with zero attached hydrogens (tertiary/aromatic N) is 1. The van der Waals surface area contributed by atoms with E-state index in [4.69, 9.17) is 4.74 Å². The van der Waals surface area contributed by atoms with E-state index in [9.17, 15) is 0 Å². The van der Waals surface area contributed by atoms with E-state index < -0.39 is 0 Å². The maximum Gasteiger partial charge on any atom is 0.0547 e. The molecule has 2 fully saturated rings. The second-order valence-electron chi connectivity index (χ2n) is 5.65. The van der Waals surface area contributed by atoms with E-state index in [1.54, 1.807) is 0 Å². The molecule has 0 aromatic heterocycles. The van der Waals surface area contributed by atoms with E-state index in [0.29, 0.717) is 5.41 Å². The van der Waals surface area contributed by atoms with E-state index in [2.05, 4.69) is 24.2 Å². The largest absolute Gasteiger partial charge is 0.381 e. The van der Waals surface area contributed by atoms with Crippen LogP contribution in [0.4, 0.5) is 0 Å². The fourth-order valence-electron chi connectivity index (χ4n) is 3.17. The molecule has 2 saturated heterocycles. The maximum atomic E-state index is 5.62. The Balaban J connectivity index is 1.93. The topological polar surface area (TPSA) is 24.5 Å². The summed E-state index contributed by atoms with van der Waals surface area (Å²) in [6.07, 6.45) is 5.38. The van der Waals surface area contributed by atoms with Crippen LogP contribution in [-0.2, 0) is 4.74 Å². The highest BCUT2D eigenvalue weighted by atomic mass is 16.5. The molecule has 2 unspecified atom stereocenters. The lowest BCUT2D eigenvalue weighted by molar-refractivity contribution is 0.0728. The van der Waals surface area contributed by atoms with Crippen LogP contribution in [0, 0.1) is 5.41 Å². The standard InChI is InChI=1S/C13H26N2O/c1-12-5-3-4-7-15(12)10-13(9-14-2)6-8-16-11-13/h12,14H,3-11H2,1-2H3. The molecule has 0 bridgehead atoms. The van der Waals surface area contributed by atoms with Crippen LogP contribution in [0.1, 0.15) is 32.6 Å². The molecule has 0 aromatic rings. The summed E-state index contributed by atoms with van der Waals surface area (Å²) in [5.74, 6) is 0. The first kappa shape index (κ1) is 12.3. The highest BCUT2D eigenvalue weighted by molar-refractivity contribution is 4.90. The number of nitrogens with one attached hydrogen (secondary N) is 1. The fraction of sp³-hybridized carbons (Fsp3) is 1.00. The van der Waals surface area contributed by atoms with Crippen LogP contribution in [0.15, 0.2) is 0 Å². The highest BCUT2D eigenvalue weighted by Gasteiger charge is 2.37. The van der Waals surface area contributed by atoms with Gasteiger partial charge in [-0.3, -0.25) is 4.90 Å². The lowest BCUT2D eigenvalue weighted by Crippen LogP contribution is -2.48. The van der Waals surface area contributed by atoms with Crippen LogP contribution in [0.25, 0.3) is 0 Å². The molecule has 2 atom stereocenters. The molecule has 0 aliphatic carbocycles. The molecular formula is C13H26N2O. The van der Waals surface area contributed by atoms with Crippen molar-refractivity contribution in [3.8, 4) is 0 Å². The van der Waals surface area contributed by atoms with Gasteiger partial charge in [0.2, 0.25) is 0 Å². The number of hydrogen-bond acceptors (Lipinski definition) is 3. The van der Waals surface area contributed by atoms with Crippen LogP contribution >= 0.6 is 0 Å². The fourth-order valence-corrected chi connectivity index (χ4v) is 3.17. The van der Waals surface area contributed by atoms with E-state index in [-0.39, 0.29) is 0 Å². The first-order valence-corrected chi connectivity index (χ1v) is 6.72. The third kappa shape index (κ3) is 2.76. The first-order chi connectivity index (χ1) is 7.76. The van der Waals surface area contributed by atoms with Crippen LogP contribution in [-0.4, -0.2) is 50.8 Å². The minimum absolute atomic E-state index is 0.375. The van der Waals surface area contributed by atoms with Gasteiger partial charge in [-0.05, 0) is 39.8 Å². The number of rotatable bonds is 4. The van der Waals surface area contributed by atoms with Crippen LogP contribution in [0.5, 0.6) is 0 Å². The molecule has 2 heterocycles. The van der Waals surface area contributed by atoms with Crippen molar-refractivity contribution in [2.45, 2.75) is 38.6 Å². The molecule has 0 saturated carbocycles. The summed E-state index contributed by atoms with van der Waals surface area (Å²) < 4.78 is 5.62. The quantitative estimate of drug-likeness (QED) is 0.786. The Bertz CT molecular complexity index is 214. The van der Waals surface area contributed by atoms with Gasteiger partial charge in [-0.15, -0.1) is 0 Å². The SMILES string of the molecule is CNCC1(CN2CCCCC2C)CCOC1. The average Bonchev–Trinajstić information content (AvgIpc) is 2.71. The third-order valence-electron chi connectivity index (χ3n) is 4.22. The molecule has 1 N–H and O–H groups in total. The van der Waals surface area contributed by atoms with Crippen molar-refractivity contribution in [3.05, 3.63) is 0 Å². The van der Waals surface area contributed by atoms with Crippen LogP contribution < -0.4 is 5.32 Å². The minimum atomic E-state index is 0.375. The second-order valence-corrected chi connectivity index (χ2v) is 5.65. The lowest BCUT2D eigenvalue weighted by atomic mass is 9.85. The molecule has 94 valence electrons. The maximum absolute atomic E-state index is 5.62. The first-order valence-electron chi connectivity index (χ1n) is 6.72. The normalized spacial score (nSPS) is 36.8. The summed E-state index contributed by atoms with van der Waals surface area (Å²) in [6.45, 7) is 7.86. The second kappa shape index (κ2) is 5.48. The summed E-state index contributed by atoms with van der Waals surface area (Å²) in [6, 6.07) is 0.767. The zero-order valence-electron chi connectivity index (χ0n) is 10.8. The summed E-state index contributed by atoms with van der Waals surface area (Å²) in [7, 11) is 2.06. The van der Waals surface area contributed by atoms with E-state index in [0.717, 1.165) is 25.8 Å². The number of ether oxygens (including phenoxy) is 1.